The Labute approximate surface area is 177 Å². The summed E-state index contributed by atoms with van der Waals surface area (Å²) in [4.78, 5) is 42.6. The lowest BCUT2D eigenvalue weighted by Crippen LogP contribution is -2.63. The second-order valence-corrected chi connectivity index (χ2v) is 7.05. The molecule has 2 aromatic carbocycles. The Bertz CT molecular complexity index is 1090. The summed E-state index contributed by atoms with van der Waals surface area (Å²) in [6.45, 7) is 0.371. The van der Waals surface area contributed by atoms with E-state index in [1.54, 1.807) is 24.1 Å². The van der Waals surface area contributed by atoms with Gasteiger partial charge in [-0.3, -0.25) is 20.2 Å². The Morgan fingerprint density at radius 3 is 2.74 bits per heavy atom. The van der Waals surface area contributed by atoms with E-state index in [2.05, 4.69) is 20.8 Å². The minimum absolute atomic E-state index is 0.0457. The van der Waals surface area contributed by atoms with E-state index in [9.17, 15) is 19.7 Å². The molecule has 0 saturated carbocycles. The molecule has 2 aliphatic rings. The third-order valence-corrected chi connectivity index (χ3v) is 5.02. The number of carbonyl (C=O) groups excluding carboxylic acids is 2. The molecule has 2 N–H and O–H groups in total. The van der Waals surface area contributed by atoms with Gasteiger partial charge in [0.25, 0.3) is 11.6 Å². The highest BCUT2D eigenvalue weighted by atomic mass is 16.6. The molecule has 31 heavy (non-hydrogen) atoms. The van der Waals surface area contributed by atoms with Gasteiger partial charge in [-0.15, -0.1) is 0 Å². The molecule has 1 saturated heterocycles. The van der Waals surface area contributed by atoms with Crippen LogP contribution >= 0.6 is 0 Å². The molecule has 11 nitrogen and oxygen atoms in total. The van der Waals surface area contributed by atoms with Crippen molar-refractivity contribution in [2.75, 3.05) is 7.05 Å². The third-order valence-electron chi connectivity index (χ3n) is 5.02. The Morgan fingerprint density at radius 2 is 2.00 bits per heavy atom. The predicted octanol–water partition coefficient (Wildman–Crippen LogP) is 1.27. The van der Waals surface area contributed by atoms with Crippen LogP contribution in [-0.2, 0) is 11.3 Å². The molecule has 2 atom stereocenters. The van der Waals surface area contributed by atoms with Crippen LogP contribution in [0.3, 0.4) is 0 Å². The number of aliphatic imine (C=N–C) groups is 1. The number of hydrazone groups is 1. The van der Waals surface area contributed by atoms with Crippen LogP contribution in [0.25, 0.3) is 0 Å². The molecule has 2 unspecified atom stereocenters. The van der Waals surface area contributed by atoms with E-state index in [-0.39, 0.29) is 5.69 Å². The minimum Gasteiger partial charge on any atom is -0.321 e. The van der Waals surface area contributed by atoms with E-state index in [1.807, 2.05) is 30.3 Å². The van der Waals surface area contributed by atoms with Gasteiger partial charge in [-0.05, 0) is 5.56 Å². The number of likely N-dealkylation sites (N-methyl/N-ethyl adjacent to an activating group) is 1. The van der Waals surface area contributed by atoms with E-state index in [0.717, 1.165) is 5.56 Å². The fraction of sp³-hybridized carbons (Fsp3) is 0.200. The number of amides is 3. The third kappa shape index (κ3) is 4.06. The first-order chi connectivity index (χ1) is 14.9. The first-order valence-electron chi connectivity index (χ1n) is 9.43. The monoisotopic (exact) mass is 421 g/mol. The van der Waals surface area contributed by atoms with Crippen molar-refractivity contribution < 1.29 is 14.5 Å². The number of nitro groups is 1. The molecule has 0 bridgehead atoms. The van der Waals surface area contributed by atoms with Crippen molar-refractivity contribution in [3.05, 3.63) is 75.8 Å². The van der Waals surface area contributed by atoms with Gasteiger partial charge >= 0.3 is 6.03 Å². The van der Waals surface area contributed by atoms with Crippen LogP contribution in [0.4, 0.5) is 10.5 Å². The van der Waals surface area contributed by atoms with Crippen LogP contribution in [0.5, 0.6) is 0 Å². The smallest absolute Gasteiger partial charge is 0.321 e. The number of guanidine groups is 1. The van der Waals surface area contributed by atoms with E-state index in [0.29, 0.717) is 18.1 Å². The second kappa shape index (κ2) is 8.22. The van der Waals surface area contributed by atoms with E-state index >= 15 is 0 Å². The normalized spacial score (nSPS) is 20.5. The molecule has 0 radical (unpaired) electrons. The lowest BCUT2D eigenvalue weighted by atomic mass is 10.1. The molecule has 3 amide bonds. The summed E-state index contributed by atoms with van der Waals surface area (Å²) in [7, 11) is 1.57. The van der Waals surface area contributed by atoms with Crippen LogP contribution < -0.4 is 10.7 Å². The predicted molar refractivity (Wildman–Crippen MR) is 112 cm³/mol. The summed E-state index contributed by atoms with van der Waals surface area (Å²) < 4.78 is 0. The number of nitrogens with one attached hydrogen (secondary N) is 2. The first-order valence-corrected chi connectivity index (χ1v) is 9.43. The van der Waals surface area contributed by atoms with Gasteiger partial charge < -0.3 is 9.80 Å². The van der Waals surface area contributed by atoms with Gasteiger partial charge in [0.2, 0.25) is 5.96 Å². The summed E-state index contributed by atoms with van der Waals surface area (Å²) >= 11 is 0. The molecular weight excluding hydrogens is 402 g/mol. The Morgan fingerprint density at radius 1 is 1.23 bits per heavy atom. The highest BCUT2D eigenvalue weighted by molar-refractivity contribution is 6.03. The maximum absolute atomic E-state index is 12.6. The highest BCUT2D eigenvalue weighted by Gasteiger charge is 2.48. The largest absolute Gasteiger partial charge is 0.325 e. The number of nitrogens with zero attached hydrogens (tertiary/aromatic N) is 5. The van der Waals surface area contributed by atoms with Gasteiger partial charge in [-0.1, -0.05) is 42.5 Å². The summed E-state index contributed by atoms with van der Waals surface area (Å²) in [6, 6.07) is 14.3. The number of hydrogen-bond donors (Lipinski definition) is 2. The summed E-state index contributed by atoms with van der Waals surface area (Å²) in [5.41, 5.74) is 4.25. The Balaban J connectivity index is 1.58. The van der Waals surface area contributed by atoms with Gasteiger partial charge in [0.15, 0.2) is 12.2 Å². The number of fused-ring (bicyclic) bond motifs is 1. The average molecular weight is 421 g/mol. The van der Waals surface area contributed by atoms with Crippen molar-refractivity contribution in [2.24, 2.45) is 10.1 Å². The molecule has 0 aromatic heterocycles. The zero-order valence-corrected chi connectivity index (χ0v) is 16.5. The first kappa shape index (κ1) is 20.0. The van der Waals surface area contributed by atoms with Crippen molar-refractivity contribution in [1.29, 1.82) is 0 Å². The SMILES string of the molecule is CN1C(=O)NC(=O)C2C1N=C(N/N=C/c1cccc([N+](=O)[O-])c1)N2Cc1ccccc1. The van der Waals surface area contributed by atoms with E-state index in [4.69, 9.17) is 0 Å². The highest BCUT2D eigenvalue weighted by Crippen LogP contribution is 2.25. The Kier molecular flexibility index (Phi) is 5.31. The zero-order chi connectivity index (χ0) is 22.0. The fourth-order valence-electron chi connectivity index (χ4n) is 3.46. The molecule has 158 valence electrons. The van der Waals surface area contributed by atoms with Gasteiger partial charge in [0.1, 0.15) is 0 Å². The lowest BCUT2D eigenvalue weighted by Gasteiger charge is -2.36. The van der Waals surface area contributed by atoms with Crippen LogP contribution in [0, 0.1) is 10.1 Å². The summed E-state index contributed by atoms with van der Waals surface area (Å²) in [6.07, 6.45) is 0.730. The molecule has 0 spiro atoms. The number of imide groups is 1. The van der Waals surface area contributed by atoms with E-state index in [1.165, 1.54) is 23.2 Å². The molecule has 4 rings (SSSR count). The van der Waals surface area contributed by atoms with Crippen LogP contribution in [0.2, 0.25) is 0 Å². The number of carbonyl (C=O) groups is 2. The minimum atomic E-state index is -0.710. The van der Waals surface area contributed by atoms with Crippen molar-refractivity contribution >= 4 is 29.8 Å². The van der Waals surface area contributed by atoms with Crippen molar-refractivity contribution in [2.45, 2.75) is 18.8 Å². The van der Waals surface area contributed by atoms with Gasteiger partial charge in [0.05, 0.1) is 11.1 Å². The average Bonchev–Trinajstić information content (AvgIpc) is 3.12. The van der Waals surface area contributed by atoms with Gasteiger partial charge in [0, 0.05) is 31.3 Å². The van der Waals surface area contributed by atoms with Crippen LogP contribution in [0.1, 0.15) is 11.1 Å². The zero-order valence-electron chi connectivity index (χ0n) is 16.5. The number of hydrogen-bond acceptors (Lipinski definition) is 8. The van der Waals surface area contributed by atoms with Gasteiger partial charge in [-0.25, -0.2) is 15.2 Å². The molecule has 0 aliphatic carbocycles. The molecule has 2 aromatic rings. The molecular formula is C20H19N7O4. The molecule has 1 fully saturated rings. The number of non-ortho nitro benzene ring substituents is 1. The Hall–Kier alpha value is -4.28. The standard InChI is InChI=1S/C20H19N7O4/c1-25-17-16(18(28)23-20(25)29)26(12-13-6-3-2-4-7-13)19(22-17)24-21-11-14-8-5-9-15(10-14)27(30)31/h2-11,16-17H,12H2,1H3,(H,22,24)(H,23,28,29)/b21-11+. The maximum Gasteiger partial charge on any atom is 0.325 e. The van der Waals surface area contributed by atoms with Crippen molar-refractivity contribution in [3.8, 4) is 0 Å². The fourth-order valence-corrected chi connectivity index (χ4v) is 3.46. The second-order valence-electron chi connectivity index (χ2n) is 7.05. The number of benzene rings is 2. The topological polar surface area (TPSA) is 133 Å². The van der Waals surface area contributed by atoms with Crippen molar-refractivity contribution in [3.63, 3.8) is 0 Å². The molecule has 2 heterocycles. The number of rotatable bonds is 5. The maximum atomic E-state index is 12.6. The molecule has 11 heteroatoms. The van der Waals surface area contributed by atoms with E-state index < -0.39 is 29.1 Å². The van der Waals surface area contributed by atoms with Crippen molar-refractivity contribution in [1.82, 2.24) is 20.5 Å². The van der Waals surface area contributed by atoms with Crippen LogP contribution in [-0.4, -0.2) is 58.1 Å². The number of nitro benzene ring substituents is 1. The summed E-state index contributed by atoms with van der Waals surface area (Å²) in [5, 5.41) is 17.4. The number of urea groups is 1. The quantitative estimate of drug-likeness (QED) is 0.424. The molecule has 2 aliphatic heterocycles. The lowest BCUT2D eigenvalue weighted by molar-refractivity contribution is -0.384. The van der Waals surface area contributed by atoms with Gasteiger partial charge in [-0.2, -0.15) is 5.10 Å². The summed E-state index contributed by atoms with van der Waals surface area (Å²) in [5.74, 6) is -0.121. The van der Waals surface area contributed by atoms with Crippen LogP contribution in [0.15, 0.2) is 64.7 Å².